The van der Waals surface area contributed by atoms with Crippen molar-refractivity contribution in [2.45, 2.75) is 31.7 Å². The fourth-order valence-corrected chi connectivity index (χ4v) is 3.09. The number of amides is 1. The average molecular weight is 309 g/mol. The summed E-state index contributed by atoms with van der Waals surface area (Å²) in [6.07, 6.45) is 1.87. The molecule has 0 N–H and O–H groups in total. The van der Waals surface area contributed by atoms with E-state index >= 15 is 0 Å². The van der Waals surface area contributed by atoms with Crippen LogP contribution in [0.1, 0.15) is 30.9 Å². The zero-order valence-corrected chi connectivity index (χ0v) is 13.8. The minimum absolute atomic E-state index is 0.244. The first-order valence-electron chi connectivity index (χ1n) is 8.17. The standard InChI is InChI=1S/C20H23NO2/c1-3-21(15-16-7-5-4-6-8-16)19(22)20(13-14-20)17-9-11-18(23-2)12-10-17/h4-12H,3,13-15H2,1-2H3. The third kappa shape index (κ3) is 3.09. The second-order valence-corrected chi connectivity index (χ2v) is 6.12. The zero-order valence-electron chi connectivity index (χ0n) is 13.8. The lowest BCUT2D eigenvalue weighted by Gasteiger charge is -2.27. The van der Waals surface area contributed by atoms with Gasteiger partial charge in [0.2, 0.25) is 5.91 Å². The van der Waals surface area contributed by atoms with Crippen LogP contribution in [0.5, 0.6) is 5.75 Å². The van der Waals surface area contributed by atoms with E-state index in [0.717, 1.165) is 30.7 Å². The molecule has 1 fully saturated rings. The van der Waals surface area contributed by atoms with Crippen LogP contribution in [0.25, 0.3) is 0 Å². The molecule has 1 amide bonds. The van der Waals surface area contributed by atoms with E-state index in [1.54, 1.807) is 7.11 Å². The first-order valence-corrected chi connectivity index (χ1v) is 8.17. The monoisotopic (exact) mass is 309 g/mol. The summed E-state index contributed by atoms with van der Waals surface area (Å²) in [5.41, 5.74) is 1.96. The van der Waals surface area contributed by atoms with E-state index in [0.29, 0.717) is 6.54 Å². The molecule has 2 aromatic rings. The van der Waals surface area contributed by atoms with Crippen molar-refractivity contribution in [2.75, 3.05) is 13.7 Å². The summed E-state index contributed by atoms with van der Waals surface area (Å²) in [6, 6.07) is 18.1. The van der Waals surface area contributed by atoms with E-state index < -0.39 is 0 Å². The molecule has 0 spiro atoms. The van der Waals surface area contributed by atoms with Gasteiger partial charge in [0.15, 0.2) is 0 Å². The van der Waals surface area contributed by atoms with Crippen molar-refractivity contribution in [1.29, 1.82) is 0 Å². The molecule has 0 saturated heterocycles. The minimum Gasteiger partial charge on any atom is -0.497 e. The Morgan fingerprint density at radius 1 is 1.09 bits per heavy atom. The van der Waals surface area contributed by atoms with Crippen molar-refractivity contribution in [3.05, 3.63) is 65.7 Å². The molecule has 0 bridgehead atoms. The lowest BCUT2D eigenvalue weighted by Crippen LogP contribution is -2.38. The minimum atomic E-state index is -0.322. The molecular weight excluding hydrogens is 286 g/mol. The summed E-state index contributed by atoms with van der Waals surface area (Å²) in [4.78, 5) is 15.1. The van der Waals surface area contributed by atoms with Gasteiger partial charge in [-0.05, 0) is 43.0 Å². The summed E-state index contributed by atoms with van der Waals surface area (Å²) in [5.74, 6) is 1.07. The van der Waals surface area contributed by atoms with Crippen LogP contribution in [0.4, 0.5) is 0 Å². The molecule has 0 unspecified atom stereocenters. The quantitative estimate of drug-likeness (QED) is 0.813. The molecule has 120 valence electrons. The molecule has 0 atom stereocenters. The van der Waals surface area contributed by atoms with Gasteiger partial charge < -0.3 is 9.64 Å². The SMILES string of the molecule is CCN(Cc1ccccc1)C(=O)C1(c2ccc(OC)cc2)CC1. The Morgan fingerprint density at radius 3 is 2.26 bits per heavy atom. The van der Waals surface area contributed by atoms with Crippen LogP contribution < -0.4 is 4.74 Å². The molecule has 0 radical (unpaired) electrons. The molecular formula is C20H23NO2. The van der Waals surface area contributed by atoms with E-state index in [1.807, 2.05) is 54.3 Å². The third-order valence-corrected chi connectivity index (χ3v) is 4.69. The average Bonchev–Trinajstić information content (AvgIpc) is 3.42. The van der Waals surface area contributed by atoms with Crippen LogP contribution in [0.15, 0.2) is 54.6 Å². The Labute approximate surface area is 137 Å². The molecule has 0 aliphatic heterocycles. The lowest BCUT2D eigenvalue weighted by molar-refractivity contribution is -0.134. The number of carbonyl (C=O) groups excluding carboxylic acids is 1. The Balaban J connectivity index is 1.79. The van der Waals surface area contributed by atoms with Crippen LogP contribution in [-0.2, 0) is 16.8 Å². The smallest absolute Gasteiger partial charge is 0.233 e. The molecule has 3 heteroatoms. The maximum Gasteiger partial charge on any atom is 0.233 e. The number of hydrogen-bond donors (Lipinski definition) is 0. The van der Waals surface area contributed by atoms with Gasteiger partial charge >= 0.3 is 0 Å². The second kappa shape index (κ2) is 6.45. The summed E-state index contributed by atoms with van der Waals surface area (Å²) < 4.78 is 5.22. The van der Waals surface area contributed by atoms with Gasteiger partial charge in [0.1, 0.15) is 5.75 Å². The summed E-state index contributed by atoms with van der Waals surface area (Å²) >= 11 is 0. The molecule has 3 rings (SSSR count). The van der Waals surface area contributed by atoms with E-state index in [1.165, 1.54) is 5.56 Å². The maximum atomic E-state index is 13.1. The number of carbonyl (C=O) groups is 1. The highest BCUT2D eigenvalue weighted by Gasteiger charge is 2.52. The zero-order chi connectivity index (χ0) is 16.3. The highest BCUT2D eigenvalue weighted by Crippen LogP contribution is 2.50. The van der Waals surface area contributed by atoms with Crippen molar-refractivity contribution < 1.29 is 9.53 Å². The number of nitrogens with zero attached hydrogens (tertiary/aromatic N) is 1. The van der Waals surface area contributed by atoms with Gasteiger partial charge in [0, 0.05) is 13.1 Å². The number of methoxy groups -OCH3 is 1. The van der Waals surface area contributed by atoms with E-state index in [9.17, 15) is 4.79 Å². The summed E-state index contributed by atoms with van der Waals surface area (Å²) in [7, 11) is 1.66. The molecule has 23 heavy (non-hydrogen) atoms. The van der Waals surface area contributed by atoms with Crippen molar-refractivity contribution in [2.24, 2.45) is 0 Å². The molecule has 2 aromatic carbocycles. The van der Waals surface area contributed by atoms with Crippen LogP contribution >= 0.6 is 0 Å². The third-order valence-electron chi connectivity index (χ3n) is 4.69. The Hall–Kier alpha value is -2.29. The van der Waals surface area contributed by atoms with Crippen molar-refractivity contribution in [3.63, 3.8) is 0 Å². The highest BCUT2D eigenvalue weighted by molar-refractivity contribution is 5.91. The fourth-order valence-electron chi connectivity index (χ4n) is 3.09. The van der Waals surface area contributed by atoms with Gasteiger partial charge in [-0.1, -0.05) is 42.5 Å². The maximum absolute atomic E-state index is 13.1. The number of ether oxygens (including phenoxy) is 1. The predicted octanol–water partition coefficient (Wildman–Crippen LogP) is 3.78. The Kier molecular flexibility index (Phi) is 4.37. The number of rotatable bonds is 6. The van der Waals surface area contributed by atoms with Crippen LogP contribution in [-0.4, -0.2) is 24.5 Å². The highest BCUT2D eigenvalue weighted by atomic mass is 16.5. The van der Waals surface area contributed by atoms with Crippen LogP contribution in [0.2, 0.25) is 0 Å². The second-order valence-electron chi connectivity index (χ2n) is 6.12. The number of hydrogen-bond acceptors (Lipinski definition) is 2. The summed E-state index contributed by atoms with van der Waals surface area (Å²) in [5, 5.41) is 0. The van der Waals surface area contributed by atoms with Crippen molar-refractivity contribution in [1.82, 2.24) is 4.90 Å². The van der Waals surface area contributed by atoms with Crippen molar-refractivity contribution in [3.8, 4) is 5.75 Å². The lowest BCUT2D eigenvalue weighted by atomic mass is 9.94. The van der Waals surface area contributed by atoms with E-state index in [-0.39, 0.29) is 11.3 Å². The number of benzene rings is 2. The van der Waals surface area contributed by atoms with Crippen LogP contribution in [0, 0.1) is 0 Å². The fraction of sp³-hybridized carbons (Fsp3) is 0.350. The van der Waals surface area contributed by atoms with Gasteiger partial charge in [-0.3, -0.25) is 4.79 Å². The summed E-state index contributed by atoms with van der Waals surface area (Å²) in [6.45, 7) is 3.45. The number of likely N-dealkylation sites (N-methyl/N-ethyl adjacent to an activating group) is 1. The van der Waals surface area contributed by atoms with Crippen molar-refractivity contribution >= 4 is 5.91 Å². The molecule has 0 heterocycles. The van der Waals surface area contributed by atoms with E-state index in [4.69, 9.17) is 4.74 Å². The first kappa shape index (κ1) is 15.6. The Bertz CT molecular complexity index is 660. The molecule has 3 nitrogen and oxygen atoms in total. The van der Waals surface area contributed by atoms with Gasteiger partial charge in [-0.15, -0.1) is 0 Å². The van der Waals surface area contributed by atoms with Crippen LogP contribution in [0.3, 0.4) is 0 Å². The Morgan fingerprint density at radius 2 is 1.74 bits per heavy atom. The van der Waals surface area contributed by atoms with Gasteiger partial charge in [0.05, 0.1) is 12.5 Å². The van der Waals surface area contributed by atoms with Gasteiger partial charge in [0.25, 0.3) is 0 Å². The van der Waals surface area contributed by atoms with Gasteiger partial charge in [-0.2, -0.15) is 0 Å². The molecule has 0 aromatic heterocycles. The first-order chi connectivity index (χ1) is 11.2. The molecule has 1 aliphatic rings. The predicted molar refractivity (Wildman–Crippen MR) is 91.4 cm³/mol. The molecule has 1 saturated carbocycles. The van der Waals surface area contributed by atoms with Gasteiger partial charge in [-0.25, -0.2) is 0 Å². The topological polar surface area (TPSA) is 29.5 Å². The largest absolute Gasteiger partial charge is 0.497 e. The molecule has 1 aliphatic carbocycles. The normalized spacial score (nSPS) is 15.0. The van der Waals surface area contributed by atoms with E-state index in [2.05, 4.69) is 12.1 Å².